The van der Waals surface area contributed by atoms with Crippen molar-refractivity contribution in [3.8, 4) is 11.5 Å². The molecule has 6 nitrogen and oxygen atoms in total. The van der Waals surface area contributed by atoms with Gasteiger partial charge in [-0.15, -0.1) is 0 Å². The number of H-pyrrole nitrogens is 1. The zero-order valence-corrected chi connectivity index (χ0v) is 17.3. The summed E-state index contributed by atoms with van der Waals surface area (Å²) in [7, 11) is 0. The Morgan fingerprint density at radius 2 is 1.93 bits per heavy atom. The Balaban J connectivity index is 1.23. The summed E-state index contributed by atoms with van der Waals surface area (Å²) in [4.78, 5) is 14.3. The molecule has 1 unspecified atom stereocenters. The lowest BCUT2D eigenvalue weighted by Gasteiger charge is -2.16. The highest BCUT2D eigenvalue weighted by Gasteiger charge is 2.29. The minimum absolute atomic E-state index is 0.00651. The second-order valence-corrected chi connectivity index (χ2v) is 7.74. The zero-order valence-electron chi connectivity index (χ0n) is 16.6. The molecule has 0 radical (unpaired) electrons. The molecular weight excluding hydrogens is 402 g/mol. The van der Waals surface area contributed by atoms with Gasteiger partial charge in [-0.1, -0.05) is 35.9 Å². The number of hydrogen-bond donors (Lipinski definition) is 1. The quantitative estimate of drug-likeness (QED) is 0.590. The summed E-state index contributed by atoms with van der Waals surface area (Å²) >= 11 is 5.97. The molecule has 1 N–H and O–H groups in total. The van der Waals surface area contributed by atoms with Crippen molar-refractivity contribution >= 4 is 17.5 Å². The first-order chi connectivity index (χ1) is 14.7. The van der Waals surface area contributed by atoms with Gasteiger partial charge in [-0.25, -0.2) is 0 Å². The van der Waals surface area contributed by atoms with E-state index in [1.807, 2.05) is 53.4 Å². The zero-order chi connectivity index (χ0) is 20.8. The molecule has 1 atom stereocenters. The van der Waals surface area contributed by atoms with Gasteiger partial charge >= 0.3 is 0 Å². The molecule has 3 aromatic rings. The number of halogens is 1. The van der Waals surface area contributed by atoms with Gasteiger partial charge in [-0.2, -0.15) is 5.10 Å². The fraction of sp³-hybridized carbons (Fsp3) is 0.304. The number of nitrogens with one attached hydrogen (secondary N) is 1. The third-order valence-corrected chi connectivity index (χ3v) is 5.39. The second kappa shape index (κ2) is 9.67. The Kier molecular flexibility index (Phi) is 6.54. The number of carbonyl (C=O) groups excluding carboxylic acids is 1. The van der Waals surface area contributed by atoms with E-state index in [9.17, 15) is 4.79 Å². The summed E-state index contributed by atoms with van der Waals surface area (Å²) in [6.07, 6.45) is 1.63. The Bertz CT molecular complexity index is 977. The van der Waals surface area contributed by atoms with Crippen LogP contribution in [0.4, 0.5) is 0 Å². The number of hydrogen-bond acceptors (Lipinski definition) is 4. The lowest BCUT2D eigenvalue weighted by Crippen LogP contribution is -2.32. The molecule has 0 saturated carbocycles. The Morgan fingerprint density at radius 3 is 2.77 bits per heavy atom. The van der Waals surface area contributed by atoms with Gasteiger partial charge in [-0.3, -0.25) is 9.89 Å². The smallest absolute Gasteiger partial charge is 0.260 e. The van der Waals surface area contributed by atoms with Crippen molar-refractivity contribution in [3.63, 3.8) is 0 Å². The number of amides is 1. The summed E-state index contributed by atoms with van der Waals surface area (Å²) in [6, 6.07) is 18.8. The van der Waals surface area contributed by atoms with E-state index in [1.54, 1.807) is 6.07 Å². The molecule has 2 aromatic carbocycles. The Morgan fingerprint density at radius 1 is 1.10 bits per heavy atom. The third kappa shape index (κ3) is 5.33. The van der Waals surface area contributed by atoms with Gasteiger partial charge in [0.1, 0.15) is 11.5 Å². The molecule has 30 heavy (non-hydrogen) atoms. The number of likely N-dealkylation sites (tertiary alicyclic amines) is 1. The fourth-order valence-corrected chi connectivity index (χ4v) is 3.71. The summed E-state index contributed by atoms with van der Waals surface area (Å²) in [5, 5.41) is 8.20. The lowest BCUT2D eigenvalue weighted by atomic mass is 10.0. The Labute approximate surface area is 180 Å². The second-order valence-electron chi connectivity index (χ2n) is 7.30. The number of benzene rings is 2. The van der Waals surface area contributed by atoms with Gasteiger partial charge in [0.05, 0.1) is 12.3 Å². The van der Waals surface area contributed by atoms with Crippen LogP contribution in [0.3, 0.4) is 0 Å². The molecule has 1 fully saturated rings. The molecule has 0 bridgehead atoms. The van der Waals surface area contributed by atoms with Crippen LogP contribution in [0.15, 0.2) is 60.7 Å². The molecule has 7 heteroatoms. The fourth-order valence-electron chi connectivity index (χ4n) is 3.53. The van der Waals surface area contributed by atoms with Gasteiger partial charge in [0.2, 0.25) is 0 Å². The molecule has 4 rings (SSSR count). The maximum Gasteiger partial charge on any atom is 0.260 e. The maximum atomic E-state index is 12.4. The topological polar surface area (TPSA) is 67.4 Å². The SMILES string of the molecule is O=C(COc1ccccc1)N1CCC(c2cc(CCOc3cccc(Cl)c3)[nH]n2)C1. The highest BCUT2D eigenvalue weighted by molar-refractivity contribution is 6.30. The van der Waals surface area contributed by atoms with Crippen LogP contribution in [-0.2, 0) is 11.2 Å². The number of para-hydroxylation sites is 1. The molecule has 1 saturated heterocycles. The van der Waals surface area contributed by atoms with Crippen molar-refractivity contribution in [1.82, 2.24) is 15.1 Å². The molecule has 2 heterocycles. The minimum Gasteiger partial charge on any atom is -0.493 e. The van der Waals surface area contributed by atoms with E-state index in [4.69, 9.17) is 21.1 Å². The van der Waals surface area contributed by atoms with Gasteiger partial charge in [0, 0.05) is 36.1 Å². The first-order valence-electron chi connectivity index (χ1n) is 10.1. The van der Waals surface area contributed by atoms with E-state index in [0.29, 0.717) is 23.9 Å². The maximum absolute atomic E-state index is 12.4. The number of rotatable bonds is 8. The van der Waals surface area contributed by atoms with Gasteiger partial charge in [-0.05, 0) is 42.8 Å². The van der Waals surface area contributed by atoms with Crippen LogP contribution in [0, 0.1) is 0 Å². The molecule has 0 aliphatic carbocycles. The number of aromatic amines is 1. The van der Waals surface area contributed by atoms with Crippen LogP contribution in [0.25, 0.3) is 0 Å². The van der Waals surface area contributed by atoms with Crippen molar-refractivity contribution in [2.24, 2.45) is 0 Å². The summed E-state index contributed by atoms with van der Waals surface area (Å²) in [5.74, 6) is 1.71. The lowest BCUT2D eigenvalue weighted by molar-refractivity contribution is -0.132. The monoisotopic (exact) mass is 425 g/mol. The number of aromatic nitrogens is 2. The number of ether oxygens (including phenoxy) is 2. The summed E-state index contributed by atoms with van der Waals surface area (Å²) in [6.45, 7) is 1.99. The highest BCUT2D eigenvalue weighted by Crippen LogP contribution is 2.26. The highest BCUT2D eigenvalue weighted by atomic mass is 35.5. The number of nitrogens with zero attached hydrogens (tertiary/aromatic N) is 2. The van der Waals surface area contributed by atoms with E-state index < -0.39 is 0 Å². The van der Waals surface area contributed by atoms with Crippen molar-refractivity contribution in [2.45, 2.75) is 18.8 Å². The largest absolute Gasteiger partial charge is 0.493 e. The first kappa shape index (κ1) is 20.3. The van der Waals surface area contributed by atoms with Crippen LogP contribution < -0.4 is 9.47 Å². The van der Waals surface area contributed by atoms with Crippen molar-refractivity contribution in [2.75, 3.05) is 26.3 Å². The van der Waals surface area contributed by atoms with Crippen LogP contribution >= 0.6 is 11.6 Å². The number of carbonyl (C=O) groups is 1. The van der Waals surface area contributed by atoms with Crippen LogP contribution in [0.2, 0.25) is 5.02 Å². The van der Waals surface area contributed by atoms with E-state index >= 15 is 0 Å². The predicted octanol–water partition coefficient (Wildman–Crippen LogP) is 4.08. The van der Waals surface area contributed by atoms with Crippen LogP contribution in [0.5, 0.6) is 11.5 Å². The van der Waals surface area contributed by atoms with Gasteiger partial charge in [0.15, 0.2) is 6.61 Å². The van der Waals surface area contributed by atoms with Crippen LogP contribution in [0.1, 0.15) is 23.7 Å². The molecule has 1 aliphatic heterocycles. The van der Waals surface area contributed by atoms with Gasteiger partial charge in [0.25, 0.3) is 5.91 Å². The summed E-state index contributed by atoms with van der Waals surface area (Å²) < 4.78 is 11.3. The summed E-state index contributed by atoms with van der Waals surface area (Å²) in [5.41, 5.74) is 2.01. The average Bonchev–Trinajstić information content (AvgIpc) is 3.43. The Hall–Kier alpha value is -2.99. The van der Waals surface area contributed by atoms with Crippen molar-refractivity contribution in [3.05, 3.63) is 77.1 Å². The van der Waals surface area contributed by atoms with E-state index in [2.05, 4.69) is 16.3 Å². The average molecular weight is 426 g/mol. The molecule has 0 spiro atoms. The van der Waals surface area contributed by atoms with E-state index in [1.165, 1.54) is 0 Å². The predicted molar refractivity (Wildman–Crippen MR) is 115 cm³/mol. The molecule has 1 aliphatic rings. The molecular formula is C23H24ClN3O3. The van der Waals surface area contributed by atoms with Crippen LogP contribution in [-0.4, -0.2) is 47.3 Å². The first-order valence-corrected chi connectivity index (χ1v) is 10.4. The molecule has 1 amide bonds. The van der Waals surface area contributed by atoms with Gasteiger partial charge < -0.3 is 14.4 Å². The van der Waals surface area contributed by atoms with Crippen molar-refractivity contribution in [1.29, 1.82) is 0 Å². The molecule has 156 valence electrons. The third-order valence-electron chi connectivity index (χ3n) is 5.15. The van der Waals surface area contributed by atoms with E-state index in [-0.39, 0.29) is 18.4 Å². The van der Waals surface area contributed by atoms with E-state index in [0.717, 1.165) is 36.5 Å². The minimum atomic E-state index is 0.00651. The molecule has 1 aromatic heterocycles. The standard InChI is InChI=1S/C23H24ClN3O3/c24-18-5-4-8-21(13-18)29-12-10-19-14-22(26-25-19)17-9-11-27(15-17)23(28)16-30-20-6-2-1-3-7-20/h1-8,13-14,17H,9-12,15-16H2,(H,25,26). The van der Waals surface area contributed by atoms with Crippen molar-refractivity contribution < 1.29 is 14.3 Å². The normalized spacial score (nSPS) is 15.9.